The van der Waals surface area contributed by atoms with E-state index in [1.807, 2.05) is 18.2 Å². The number of anilines is 1. The monoisotopic (exact) mass is 530 g/mol. The molecule has 9 nitrogen and oxygen atoms in total. The van der Waals surface area contributed by atoms with E-state index in [-0.39, 0.29) is 18.1 Å². The summed E-state index contributed by atoms with van der Waals surface area (Å²) in [6, 6.07) is 16.3. The number of carbonyl (C=O) groups is 1. The first kappa shape index (κ1) is 22.6. The smallest absolute Gasteiger partial charge is 0.292 e. The van der Waals surface area contributed by atoms with Crippen LogP contribution in [0.25, 0.3) is 0 Å². The van der Waals surface area contributed by atoms with Crippen molar-refractivity contribution in [3.63, 3.8) is 0 Å². The van der Waals surface area contributed by atoms with E-state index in [0.29, 0.717) is 33.4 Å². The summed E-state index contributed by atoms with van der Waals surface area (Å²) in [5, 5.41) is 18.4. The molecule has 0 atom stereocenters. The molecule has 1 amide bonds. The Morgan fingerprint density at radius 1 is 1.18 bits per heavy atom. The van der Waals surface area contributed by atoms with Crippen molar-refractivity contribution in [1.82, 2.24) is 9.78 Å². The predicted molar refractivity (Wildman–Crippen MR) is 125 cm³/mol. The molecule has 33 heavy (non-hydrogen) atoms. The van der Waals surface area contributed by atoms with Crippen LogP contribution in [-0.2, 0) is 13.2 Å². The third kappa shape index (κ3) is 5.60. The number of benzene rings is 2. The number of nitro groups is 1. The van der Waals surface area contributed by atoms with Gasteiger partial charge in [-0.25, -0.2) is 0 Å². The van der Waals surface area contributed by atoms with Gasteiger partial charge in [-0.2, -0.15) is 5.10 Å². The Hall–Kier alpha value is -3.63. The summed E-state index contributed by atoms with van der Waals surface area (Å²) in [6.45, 7) is 0.500. The van der Waals surface area contributed by atoms with Gasteiger partial charge in [0.2, 0.25) is 0 Å². The van der Waals surface area contributed by atoms with Gasteiger partial charge in [-0.05, 0) is 51.8 Å². The first-order valence-corrected chi connectivity index (χ1v) is 10.8. The highest BCUT2D eigenvalue weighted by Crippen LogP contribution is 2.24. The maximum Gasteiger partial charge on any atom is 0.292 e. The van der Waals surface area contributed by atoms with E-state index in [1.54, 1.807) is 23.0 Å². The predicted octanol–water partition coefficient (Wildman–Crippen LogP) is 5.68. The Balaban J connectivity index is 1.36. The van der Waals surface area contributed by atoms with Crippen molar-refractivity contribution in [2.75, 3.05) is 5.32 Å². The number of hydrogen-bond acceptors (Lipinski definition) is 6. The Labute approximate surface area is 201 Å². The number of rotatable bonds is 8. The molecule has 2 aromatic carbocycles. The fourth-order valence-electron chi connectivity index (χ4n) is 2.93. The lowest BCUT2D eigenvalue weighted by Crippen LogP contribution is -2.12. The number of nitro benzene ring substituents is 1. The summed E-state index contributed by atoms with van der Waals surface area (Å²) < 4.78 is 13.4. The summed E-state index contributed by atoms with van der Waals surface area (Å²) >= 11 is 9.60. The quantitative estimate of drug-likeness (QED) is 0.231. The maximum absolute atomic E-state index is 12.6. The van der Waals surface area contributed by atoms with E-state index >= 15 is 0 Å². The first-order valence-electron chi connectivity index (χ1n) is 9.63. The van der Waals surface area contributed by atoms with Crippen LogP contribution in [0.2, 0.25) is 5.02 Å². The molecule has 0 fully saturated rings. The number of amides is 1. The zero-order chi connectivity index (χ0) is 23.4. The zero-order valence-electron chi connectivity index (χ0n) is 16.9. The van der Waals surface area contributed by atoms with Gasteiger partial charge in [0.15, 0.2) is 11.6 Å². The fourth-order valence-corrected chi connectivity index (χ4v) is 3.54. The number of nitrogens with one attached hydrogen (secondary N) is 1. The second-order valence-electron chi connectivity index (χ2n) is 6.87. The van der Waals surface area contributed by atoms with Crippen molar-refractivity contribution >= 4 is 44.9 Å². The van der Waals surface area contributed by atoms with Crippen LogP contribution in [0, 0.1) is 10.1 Å². The molecule has 0 spiro atoms. The molecule has 1 N–H and O–H groups in total. The van der Waals surface area contributed by atoms with Gasteiger partial charge in [0.1, 0.15) is 18.1 Å². The Morgan fingerprint density at radius 2 is 1.94 bits per heavy atom. The van der Waals surface area contributed by atoms with Crippen LogP contribution < -0.4 is 10.1 Å². The van der Waals surface area contributed by atoms with Gasteiger partial charge < -0.3 is 14.5 Å². The molecule has 0 radical (unpaired) electrons. The fraction of sp³-hybridized carbons (Fsp3) is 0.0909. The molecule has 0 aliphatic carbocycles. The zero-order valence-corrected chi connectivity index (χ0v) is 19.2. The summed E-state index contributed by atoms with van der Waals surface area (Å²) in [6.07, 6.45) is 1.74. The topological polar surface area (TPSA) is 112 Å². The van der Waals surface area contributed by atoms with Crippen molar-refractivity contribution in [2.24, 2.45) is 0 Å². The summed E-state index contributed by atoms with van der Waals surface area (Å²) in [4.78, 5) is 22.8. The second kappa shape index (κ2) is 9.88. The number of halogens is 2. The second-order valence-corrected chi connectivity index (χ2v) is 8.14. The van der Waals surface area contributed by atoms with Crippen LogP contribution in [0.1, 0.15) is 21.9 Å². The van der Waals surface area contributed by atoms with Gasteiger partial charge in [-0.3, -0.25) is 19.6 Å². The average Bonchev–Trinajstić information content (AvgIpc) is 3.41. The van der Waals surface area contributed by atoms with Gasteiger partial charge in [0, 0.05) is 23.4 Å². The average molecular weight is 532 g/mol. The van der Waals surface area contributed by atoms with Gasteiger partial charge >= 0.3 is 0 Å². The Bertz CT molecular complexity index is 1300. The van der Waals surface area contributed by atoms with Crippen molar-refractivity contribution in [2.45, 2.75) is 13.2 Å². The highest BCUT2D eigenvalue weighted by Gasteiger charge is 2.16. The molecule has 0 bridgehead atoms. The molecule has 0 saturated carbocycles. The van der Waals surface area contributed by atoms with Crippen molar-refractivity contribution in [1.29, 1.82) is 0 Å². The standard InChI is InChI=1S/C22H16BrClN4O5/c23-18-12-27(11-14-3-1-2-4-19(14)24)26-21(18)25-22(29)20-10-9-17(33-20)13-32-16-7-5-15(6-8-16)28(30)31/h1-10,12H,11,13H2,(H,25,26,29). The molecule has 11 heteroatoms. The van der Waals surface area contributed by atoms with Gasteiger partial charge in [0.05, 0.1) is 15.9 Å². The molecule has 0 unspecified atom stereocenters. The normalized spacial score (nSPS) is 10.7. The van der Waals surface area contributed by atoms with E-state index in [0.717, 1.165) is 5.56 Å². The highest BCUT2D eigenvalue weighted by atomic mass is 79.9. The molecule has 168 valence electrons. The van der Waals surface area contributed by atoms with Crippen molar-refractivity contribution < 1.29 is 18.9 Å². The van der Waals surface area contributed by atoms with E-state index in [4.69, 9.17) is 20.8 Å². The molecule has 2 aromatic heterocycles. The minimum Gasteiger partial charge on any atom is -0.486 e. The molecule has 0 aliphatic rings. The van der Waals surface area contributed by atoms with Crippen LogP contribution in [0.15, 0.2) is 75.8 Å². The summed E-state index contributed by atoms with van der Waals surface area (Å²) in [5.74, 6) is 0.815. The molecular formula is C22H16BrClN4O5. The minimum atomic E-state index is -0.487. The van der Waals surface area contributed by atoms with Gasteiger partial charge in [0.25, 0.3) is 11.6 Å². The third-order valence-corrected chi connectivity index (χ3v) is 5.50. The SMILES string of the molecule is O=C(Nc1nn(Cc2ccccc2Cl)cc1Br)c1ccc(COc2ccc([N+](=O)[O-])cc2)o1. The lowest BCUT2D eigenvalue weighted by molar-refractivity contribution is -0.384. The van der Waals surface area contributed by atoms with E-state index in [1.165, 1.54) is 30.3 Å². The first-order chi connectivity index (χ1) is 15.9. The van der Waals surface area contributed by atoms with Crippen LogP contribution in [0.3, 0.4) is 0 Å². The van der Waals surface area contributed by atoms with Crippen LogP contribution in [0.4, 0.5) is 11.5 Å². The molecule has 0 aliphatic heterocycles. The molecule has 2 heterocycles. The van der Waals surface area contributed by atoms with Crippen molar-refractivity contribution in [3.05, 3.63) is 104 Å². The van der Waals surface area contributed by atoms with Crippen LogP contribution >= 0.6 is 27.5 Å². The number of aromatic nitrogens is 2. The third-order valence-electron chi connectivity index (χ3n) is 4.55. The lowest BCUT2D eigenvalue weighted by atomic mass is 10.2. The summed E-state index contributed by atoms with van der Waals surface area (Å²) in [7, 11) is 0. The highest BCUT2D eigenvalue weighted by molar-refractivity contribution is 9.10. The summed E-state index contributed by atoms with van der Waals surface area (Å²) in [5.41, 5.74) is 0.871. The molecular weight excluding hydrogens is 516 g/mol. The molecule has 4 aromatic rings. The van der Waals surface area contributed by atoms with Crippen molar-refractivity contribution in [3.8, 4) is 5.75 Å². The van der Waals surface area contributed by atoms with Crippen LogP contribution in [-0.4, -0.2) is 20.6 Å². The van der Waals surface area contributed by atoms with E-state index in [9.17, 15) is 14.9 Å². The Kier molecular flexibility index (Phi) is 6.76. The van der Waals surface area contributed by atoms with Gasteiger partial charge in [-0.15, -0.1) is 0 Å². The Morgan fingerprint density at radius 3 is 2.67 bits per heavy atom. The number of carbonyl (C=O) groups excluding carboxylic acids is 1. The molecule has 0 saturated heterocycles. The number of ether oxygens (including phenoxy) is 1. The van der Waals surface area contributed by atoms with Gasteiger partial charge in [-0.1, -0.05) is 29.8 Å². The minimum absolute atomic E-state index is 0.0280. The number of nitrogens with zero attached hydrogens (tertiary/aromatic N) is 3. The maximum atomic E-state index is 12.6. The number of hydrogen-bond donors (Lipinski definition) is 1. The lowest BCUT2D eigenvalue weighted by Gasteiger charge is -2.04. The van der Waals surface area contributed by atoms with E-state index < -0.39 is 10.8 Å². The van der Waals surface area contributed by atoms with E-state index in [2.05, 4.69) is 26.3 Å². The number of furan rings is 1. The van der Waals surface area contributed by atoms with Crippen LogP contribution in [0.5, 0.6) is 5.75 Å². The largest absolute Gasteiger partial charge is 0.486 e. The number of non-ortho nitro benzene ring substituents is 1. The molecule has 4 rings (SSSR count).